The van der Waals surface area contributed by atoms with Crippen molar-refractivity contribution in [1.29, 1.82) is 0 Å². The fourth-order valence-corrected chi connectivity index (χ4v) is 4.06. The Morgan fingerprint density at radius 1 is 1.15 bits per heavy atom. The van der Waals surface area contributed by atoms with Crippen LogP contribution in [-0.2, 0) is 11.2 Å². The highest BCUT2D eigenvalue weighted by Crippen LogP contribution is 2.14. The highest BCUT2D eigenvalue weighted by molar-refractivity contribution is 7.99. The number of carbonyl (C=O) groups is 2. The average Bonchev–Trinajstić information content (AvgIpc) is 2.70. The lowest BCUT2D eigenvalue weighted by Gasteiger charge is -2.26. The molecule has 0 bridgehead atoms. The molecular formula is C21H33N3O2S. The first-order valence-corrected chi connectivity index (χ1v) is 11.3. The molecule has 0 spiro atoms. The second kappa shape index (κ2) is 11.9. The van der Waals surface area contributed by atoms with E-state index in [1.807, 2.05) is 40.9 Å². The number of carbonyl (C=O) groups excluding carboxylic acids is 2. The van der Waals surface area contributed by atoms with E-state index in [2.05, 4.69) is 24.5 Å². The Labute approximate surface area is 167 Å². The van der Waals surface area contributed by atoms with Crippen LogP contribution in [0.5, 0.6) is 0 Å². The normalized spacial score (nSPS) is 15.3. The van der Waals surface area contributed by atoms with Gasteiger partial charge < -0.3 is 15.5 Å². The molecule has 1 aliphatic rings. The maximum atomic E-state index is 12.3. The molecule has 1 aliphatic heterocycles. The van der Waals surface area contributed by atoms with Crippen LogP contribution in [0.25, 0.3) is 0 Å². The Bertz CT molecular complexity index is 586. The highest BCUT2D eigenvalue weighted by Gasteiger charge is 2.16. The van der Waals surface area contributed by atoms with Crippen LogP contribution in [0.1, 0.15) is 45.1 Å². The van der Waals surface area contributed by atoms with Crippen molar-refractivity contribution in [3.8, 4) is 0 Å². The molecule has 5 nitrogen and oxygen atoms in total. The van der Waals surface area contributed by atoms with Crippen molar-refractivity contribution in [2.45, 2.75) is 46.0 Å². The molecule has 0 aromatic heterocycles. The third kappa shape index (κ3) is 7.83. The van der Waals surface area contributed by atoms with Gasteiger partial charge in [-0.3, -0.25) is 4.79 Å². The number of nitrogens with zero attached hydrogens (tertiary/aromatic N) is 1. The van der Waals surface area contributed by atoms with Gasteiger partial charge in [-0.15, -0.1) is 0 Å². The van der Waals surface area contributed by atoms with Crippen LogP contribution in [0.15, 0.2) is 24.3 Å². The van der Waals surface area contributed by atoms with Gasteiger partial charge in [-0.2, -0.15) is 11.8 Å². The van der Waals surface area contributed by atoms with E-state index in [4.69, 9.17) is 0 Å². The third-order valence-corrected chi connectivity index (χ3v) is 5.97. The minimum Gasteiger partial charge on any atom is -0.341 e. The number of amides is 3. The second-order valence-corrected chi connectivity index (χ2v) is 8.34. The lowest BCUT2D eigenvalue weighted by atomic mass is 9.99. The summed E-state index contributed by atoms with van der Waals surface area (Å²) < 4.78 is 0. The Morgan fingerprint density at radius 2 is 1.85 bits per heavy atom. The van der Waals surface area contributed by atoms with Crippen LogP contribution in [0.4, 0.5) is 10.5 Å². The molecular weight excluding hydrogens is 358 g/mol. The van der Waals surface area contributed by atoms with Gasteiger partial charge in [0.1, 0.15) is 0 Å². The van der Waals surface area contributed by atoms with Crippen LogP contribution in [0, 0.1) is 5.92 Å². The van der Waals surface area contributed by atoms with Gasteiger partial charge in [0.2, 0.25) is 5.91 Å². The lowest BCUT2D eigenvalue weighted by Crippen LogP contribution is -2.38. The molecule has 6 heteroatoms. The van der Waals surface area contributed by atoms with Gasteiger partial charge in [-0.25, -0.2) is 4.79 Å². The molecule has 27 heavy (non-hydrogen) atoms. The number of thioether (sulfide) groups is 1. The third-order valence-electron chi connectivity index (χ3n) is 5.03. The van der Waals surface area contributed by atoms with E-state index >= 15 is 0 Å². The zero-order chi connectivity index (χ0) is 19.5. The quantitative estimate of drug-likeness (QED) is 0.665. The first-order chi connectivity index (χ1) is 13.1. The second-order valence-electron chi connectivity index (χ2n) is 7.12. The molecule has 1 fully saturated rings. The van der Waals surface area contributed by atoms with E-state index in [1.54, 1.807) is 0 Å². The molecule has 1 heterocycles. The van der Waals surface area contributed by atoms with Crippen molar-refractivity contribution >= 4 is 29.4 Å². The molecule has 1 aromatic rings. The van der Waals surface area contributed by atoms with Crippen molar-refractivity contribution < 1.29 is 9.59 Å². The number of benzene rings is 1. The van der Waals surface area contributed by atoms with Crippen molar-refractivity contribution in [2.24, 2.45) is 5.92 Å². The van der Waals surface area contributed by atoms with Crippen LogP contribution < -0.4 is 10.6 Å². The maximum Gasteiger partial charge on any atom is 0.319 e. The predicted octanol–water partition coefficient (Wildman–Crippen LogP) is 4.14. The zero-order valence-electron chi connectivity index (χ0n) is 16.6. The minimum atomic E-state index is -0.167. The Hall–Kier alpha value is -1.69. The fraction of sp³-hybridized carbons (Fsp3) is 0.619. The summed E-state index contributed by atoms with van der Waals surface area (Å²) >= 11 is 1.90. The van der Waals surface area contributed by atoms with Crippen molar-refractivity contribution in [3.05, 3.63) is 29.8 Å². The Morgan fingerprint density at radius 3 is 2.48 bits per heavy atom. The van der Waals surface area contributed by atoms with Crippen LogP contribution in [0.2, 0.25) is 0 Å². The van der Waals surface area contributed by atoms with E-state index in [0.717, 1.165) is 48.7 Å². The smallest absolute Gasteiger partial charge is 0.319 e. The van der Waals surface area contributed by atoms with E-state index in [1.165, 1.54) is 12.8 Å². The number of hydrogen-bond acceptors (Lipinski definition) is 3. The first-order valence-electron chi connectivity index (χ1n) is 10.1. The van der Waals surface area contributed by atoms with Crippen molar-refractivity contribution in [2.75, 3.05) is 36.5 Å². The summed E-state index contributed by atoms with van der Waals surface area (Å²) in [4.78, 5) is 26.4. The number of unbranched alkanes of at least 4 members (excludes halogenated alkanes) is 1. The number of anilines is 1. The van der Waals surface area contributed by atoms with Gasteiger partial charge in [0.05, 0.1) is 6.42 Å². The van der Waals surface area contributed by atoms with Crippen molar-refractivity contribution in [1.82, 2.24) is 10.2 Å². The largest absolute Gasteiger partial charge is 0.341 e. The molecule has 0 saturated carbocycles. The maximum absolute atomic E-state index is 12.3. The van der Waals surface area contributed by atoms with Gasteiger partial charge in [-0.05, 0) is 30.0 Å². The summed E-state index contributed by atoms with van der Waals surface area (Å²) in [7, 11) is 0. The Kier molecular flexibility index (Phi) is 9.53. The van der Waals surface area contributed by atoms with Crippen LogP contribution >= 0.6 is 11.8 Å². The highest BCUT2D eigenvalue weighted by atomic mass is 32.2. The molecule has 1 atom stereocenters. The minimum absolute atomic E-state index is 0.167. The number of rotatable bonds is 9. The molecule has 0 aliphatic carbocycles. The fourth-order valence-electron chi connectivity index (χ4n) is 3.16. The molecule has 2 N–H and O–H groups in total. The molecule has 150 valence electrons. The van der Waals surface area contributed by atoms with E-state index < -0.39 is 0 Å². The van der Waals surface area contributed by atoms with Gasteiger partial charge in [-0.1, -0.05) is 45.2 Å². The zero-order valence-corrected chi connectivity index (χ0v) is 17.4. The summed E-state index contributed by atoms with van der Waals surface area (Å²) in [5.41, 5.74) is 1.73. The molecule has 0 radical (unpaired) electrons. The SMILES string of the molecule is CCCCC(CC)CNC(=O)Nc1ccc(CC(=O)N2CCSCC2)cc1. The molecule has 3 amide bonds. The molecule has 1 unspecified atom stereocenters. The predicted molar refractivity (Wildman–Crippen MR) is 114 cm³/mol. The standard InChI is InChI=1S/C21H33N3O2S/c1-3-5-6-17(4-2)16-22-21(26)23-19-9-7-18(8-10-19)15-20(25)24-11-13-27-14-12-24/h7-10,17H,3-6,11-16H2,1-2H3,(H2,22,23,26). The van der Waals surface area contributed by atoms with Gasteiger partial charge in [0, 0.05) is 36.8 Å². The molecule has 2 rings (SSSR count). The summed E-state index contributed by atoms with van der Waals surface area (Å²) in [5, 5.41) is 5.84. The number of nitrogens with one attached hydrogen (secondary N) is 2. The van der Waals surface area contributed by atoms with Crippen LogP contribution in [0.3, 0.4) is 0 Å². The van der Waals surface area contributed by atoms with Crippen molar-refractivity contribution in [3.63, 3.8) is 0 Å². The topological polar surface area (TPSA) is 61.4 Å². The van der Waals surface area contributed by atoms with Gasteiger partial charge in [0.15, 0.2) is 0 Å². The number of hydrogen-bond donors (Lipinski definition) is 2. The van der Waals surface area contributed by atoms with Crippen LogP contribution in [-0.4, -0.2) is 48.0 Å². The van der Waals surface area contributed by atoms with E-state index in [-0.39, 0.29) is 11.9 Å². The lowest BCUT2D eigenvalue weighted by molar-refractivity contribution is -0.130. The van der Waals surface area contributed by atoms with Gasteiger partial charge >= 0.3 is 6.03 Å². The summed E-state index contributed by atoms with van der Waals surface area (Å²) in [6.45, 7) is 6.77. The van der Waals surface area contributed by atoms with E-state index in [9.17, 15) is 9.59 Å². The van der Waals surface area contributed by atoms with Gasteiger partial charge in [0.25, 0.3) is 0 Å². The number of urea groups is 1. The molecule has 1 aromatic carbocycles. The Balaban J connectivity index is 1.75. The average molecular weight is 392 g/mol. The summed E-state index contributed by atoms with van der Waals surface area (Å²) in [6, 6.07) is 7.40. The first kappa shape index (κ1) is 21.6. The summed E-state index contributed by atoms with van der Waals surface area (Å²) in [5.74, 6) is 2.78. The molecule has 1 saturated heterocycles. The van der Waals surface area contributed by atoms with E-state index in [0.29, 0.717) is 18.9 Å². The monoisotopic (exact) mass is 391 g/mol. The summed E-state index contributed by atoms with van der Waals surface area (Å²) in [6.07, 6.45) is 5.06.